The van der Waals surface area contributed by atoms with E-state index < -0.39 is 5.60 Å². The molecular weight excluding hydrogens is 329 g/mol. The van der Waals surface area contributed by atoms with Crippen LogP contribution in [-0.2, 0) is 11.2 Å². The van der Waals surface area contributed by atoms with Crippen molar-refractivity contribution in [2.24, 2.45) is 17.3 Å². The van der Waals surface area contributed by atoms with E-state index in [1.807, 2.05) is 30.9 Å². The standard InChI is InChI=1S/C22H30FNO2/c1-15-9-17(3-4-19(15)23)10-16-5-7-22(8-6-16)13-24(14-22)20(25)18-11-21(2,26)12-18/h3-4,9,16,18,26H,5-8,10-14H2,1-2H3/t18-,21+. The molecule has 2 aliphatic carbocycles. The molecule has 1 aromatic carbocycles. The van der Waals surface area contributed by atoms with Crippen LogP contribution in [0.3, 0.4) is 0 Å². The normalized spacial score (nSPS) is 30.8. The first-order valence-electron chi connectivity index (χ1n) is 10.0. The van der Waals surface area contributed by atoms with E-state index in [2.05, 4.69) is 0 Å². The molecular formula is C22H30FNO2. The van der Waals surface area contributed by atoms with Crippen LogP contribution in [-0.4, -0.2) is 34.6 Å². The lowest BCUT2D eigenvalue weighted by Crippen LogP contribution is -2.62. The molecule has 4 heteroatoms. The first kappa shape index (κ1) is 18.0. The van der Waals surface area contributed by atoms with Crippen LogP contribution in [0.25, 0.3) is 0 Å². The third-order valence-electron chi connectivity index (χ3n) is 7.00. The van der Waals surface area contributed by atoms with Crippen LogP contribution in [0.4, 0.5) is 4.39 Å². The van der Waals surface area contributed by atoms with Gasteiger partial charge in [0.25, 0.3) is 0 Å². The van der Waals surface area contributed by atoms with E-state index >= 15 is 0 Å². The summed E-state index contributed by atoms with van der Waals surface area (Å²) in [6.07, 6.45) is 7.08. The van der Waals surface area contributed by atoms with Crippen LogP contribution in [0.2, 0.25) is 0 Å². The molecule has 1 spiro atoms. The number of benzene rings is 1. The minimum atomic E-state index is -0.625. The maximum absolute atomic E-state index is 13.4. The predicted molar refractivity (Wildman–Crippen MR) is 99.2 cm³/mol. The van der Waals surface area contributed by atoms with Crippen molar-refractivity contribution >= 4 is 5.91 Å². The first-order chi connectivity index (χ1) is 12.3. The third-order valence-corrected chi connectivity index (χ3v) is 7.00. The van der Waals surface area contributed by atoms with Crippen molar-refractivity contribution in [2.75, 3.05) is 13.1 Å². The summed E-state index contributed by atoms with van der Waals surface area (Å²) in [6.45, 7) is 5.47. The molecule has 0 atom stereocenters. The zero-order valence-corrected chi connectivity index (χ0v) is 15.9. The summed E-state index contributed by atoms with van der Waals surface area (Å²) >= 11 is 0. The SMILES string of the molecule is Cc1cc(CC2CCC3(CC2)CN(C(=O)[C@H]2C[C@@](C)(O)C2)C3)ccc1F. The van der Waals surface area contributed by atoms with E-state index in [-0.39, 0.29) is 17.6 Å². The lowest BCUT2D eigenvalue weighted by molar-refractivity contribution is -0.163. The minimum absolute atomic E-state index is 0.0420. The van der Waals surface area contributed by atoms with Gasteiger partial charge in [-0.2, -0.15) is 0 Å². The average Bonchev–Trinajstić information content (AvgIpc) is 2.54. The number of hydrogen-bond donors (Lipinski definition) is 1. The highest BCUT2D eigenvalue weighted by molar-refractivity contribution is 5.81. The van der Waals surface area contributed by atoms with E-state index in [1.165, 1.54) is 31.2 Å². The van der Waals surface area contributed by atoms with Crippen LogP contribution in [0.5, 0.6) is 0 Å². The van der Waals surface area contributed by atoms with Gasteiger partial charge in [-0.25, -0.2) is 4.39 Å². The number of nitrogens with zero attached hydrogens (tertiary/aromatic N) is 1. The molecule has 1 heterocycles. The second-order valence-electron chi connectivity index (χ2n) is 9.53. The summed E-state index contributed by atoms with van der Waals surface area (Å²) in [4.78, 5) is 14.5. The van der Waals surface area contributed by atoms with Crippen LogP contribution in [0.1, 0.15) is 56.6 Å². The maximum atomic E-state index is 13.4. The summed E-state index contributed by atoms with van der Waals surface area (Å²) in [5.74, 6) is 0.854. The van der Waals surface area contributed by atoms with Crippen molar-refractivity contribution in [2.45, 2.75) is 64.4 Å². The molecule has 1 saturated heterocycles. The summed E-state index contributed by atoms with van der Waals surface area (Å²) < 4.78 is 13.4. The minimum Gasteiger partial charge on any atom is -0.390 e. The molecule has 1 aliphatic heterocycles. The molecule has 1 amide bonds. The van der Waals surface area contributed by atoms with Crippen molar-refractivity contribution in [3.05, 3.63) is 35.1 Å². The Kier molecular flexibility index (Phi) is 4.37. The van der Waals surface area contributed by atoms with Crippen LogP contribution in [0.15, 0.2) is 18.2 Å². The number of halogens is 1. The Morgan fingerprint density at radius 1 is 1.27 bits per heavy atom. The fourth-order valence-electron chi connectivity index (χ4n) is 5.33. The van der Waals surface area contributed by atoms with Crippen LogP contribution < -0.4 is 0 Å². The third kappa shape index (κ3) is 3.40. The fraction of sp³-hybridized carbons (Fsp3) is 0.682. The summed E-state index contributed by atoms with van der Waals surface area (Å²) in [5.41, 5.74) is 1.70. The molecule has 0 radical (unpaired) electrons. The topological polar surface area (TPSA) is 40.5 Å². The van der Waals surface area contributed by atoms with E-state index in [0.717, 1.165) is 25.1 Å². The molecule has 0 aromatic heterocycles. The Morgan fingerprint density at radius 3 is 2.50 bits per heavy atom. The van der Waals surface area contributed by atoms with E-state index in [0.29, 0.717) is 24.2 Å². The van der Waals surface area contributed by atoms with Gasteiger partial charge < -0.3 is 10.0 Å². The molecule has 0 bridgehead atoms. The highest BCUT2D eigenvalue weighted by Gasteiger charge is 2.51. The second-order valence-corrected chi connectivity index (χ2v) is 9.53. The van der Waals surface area contributed by atoms with Gasteiger partial charge in [0, 0.05) is 24.4 Å². The lowest BCUT2D eigenvalue weighted by atomic mass is 9.64. The van der Waals surface area contributed by atoms with Gasteiger partial charge in [0.15, 0.2) is 0 Å². The summed E-state index contributed by atoms with van der Waals surface area (Å²) in [6, 6.07) is 5.49. The number of aryl methyl sites for hydroxylation is 1. The molecule has 3 nitrogen and oxygen atoms in total. The number of likely N-dealkylation sites (tertiary alicyclic amines) is 1. The molecule has 2 saturated carbocycles. The molecule has 3 fully saturated rings. The monoisotopic (exact) mass is 359 g/mol. The number of amides is 1. The summed E-state index contributed by atoms with van der Waals surface area (Å²) in [7, 11) is 0. The Balaban J connectivity index is 1.24. The van der Waals surface area contributed by atoms with Gasteiger partial charge in [-0.1, -0.05) is 12.1 Å². The number of hydrogen-bond acceptors (Lipinski definition) is 2. The Bertz CT molecular complexity index is 690. The maximum Gasteiger partial charge on any atom is 0.225 e. The first-order valence-corrected chi connectivity index (χ1v) is 10.0. The fourth-order valence-corrected chi connectivity index (χ4v) is 5.33. The Hall–Kier alpha value is -1.42. The molecule has 0 unspecified atom stereocenters. The van der Waals surface area contributed by atoms with Gasteiger partial charge in [0.05, 0.1) is 5.60 Å². The highest BCUT2D eigenvalue weighted by atomic mass is 19.1. The van der Waals surface area contributed by atoms with Crippen molar-refractivity contribution < 1.29 is 14.3 Å². The van der Waals surface area contributed by atoms with Crippen molar-refractivity contribution in [3.8, 4) is 0 Å². The van der Waals surface area contributed by atoms with Gasteiger partial charge in [0.2, 0.25) is 5.91 Å². The van der Waals surface area contributed by atoms with Gasteiger partial charge in [0.1, 0.15) is 5.82 Å². The Labute approximate surface area is 155 Å². The van der Waals surface area contributed by atoms with Crippen LogP contribution in [0, 0.1) is 30.0 Å². The van der Waals surface area contributed by atoms with Gasteiger partial charge >= 0.3 is 0 Å². The van der Waals surface area contributed by atoms with Gasteiger partial charge in [-0.15, -0.1) is 0 Å². The number of carbonyl (C=O) groups is 1. The van der Waals surface area contributed by atoms with Gasteiger partial charge in [-0.05, 0) is 81.9 Å². The van der Waals surface area contributed by atoms with Crippen molar-refractivity contribution in [1.82, 2.24) is 4.90 Å². The average molecular weight is 359 g/mol. The smallest absolute Gasteiger partial charge is 0.225 e. The molecule has 4 rings (SSSR count). The lowest BCUT2D eigenvalue weighted by Gasteiger charge is -2.55. The molecule has 3 aliphatic rings. The van der Waals surface area contributed by atoms with Crippen molar-refractivity contribution in [1.29, 1.82) is 0 Å². The molecule has 1 aromatic rings. The van der Waals surface area contributed by atoms with Crippen molar-refractivity contribution in [3.63, 3.8) is 0 Å². The molecule has 142 valence electrons. The molecule has 26 heavy (non-hydrogen) atoms. The zero-order chi connectivity index (χ0) is 18.5. The number of aliphatic hydroxyl groups is 1. The largest absolute Gasteiger partial charge is 0.390 e. The predicted octanol–water partition coefficient (Wildman–Crippen LogP) is 3.86. The Morgan fingerprint density at radius 2 is 1.92 bits per heavy atom. The highest BCUT2D eigenvalue weighted by Crippen LogP contribution is 2.48. The number of carbonyl (C=O) groups excluding carboxylic acids is 1. The van der Waals surface area contributed by atoms with E-state index in [9.17, 15) is 14.3 Å². The van der Waals surface area contributed by atoms with E-state index in [4.69, 9.17) is 0 Å². The zero-order valence-electron chi connectivity index (χ0n) is 15.9. The van der Waals surface area contributed by atoms with Crippen LogP contribution >= 0.6 is 0 Å². The molecule has 1 N–H and O–H groups in total. The van der Waals surface area contributed by atoms with Gasteiger partial charge in [-0.3, -0.25) is 4.79 Å². The number of rotatable bonds is 3. The second kappa shape index (κ2) is 6.33. The van der Waals surface area contributed by atoms with E-state index in [1.54, 1.807) is 6.07 Å². The summed E-state index contributed by atoms with van der Waals surface area (Å²) in [5, 5.41) is 9.84. The quantitative estimate of drug-likeness (QED) is 0.890.